The molecular formula is C18H23N5O4. The number of carbonyl (C=O) groups excluding carboxylic acids is 2. The van der Waals surface area contributed by atoms with Crippen LogP contribution in [0.5, 0.6) is 0 Å². The van der Waals surface area contributed by atoms with Gasteiger partial charge in [-0.15, -0.1) is 0 Å². The van der Waals surface area contributed by atoms with Gasteiger partial charge in [-0.05, 0) is 36.6 Å². The van der Waals surface area contributed by atoms with Crippen molar-refractivity contribution in [2.45, 2.75) is 25.4 Å². The summed E-state index contributed by atoms with van der Waals surface area (Å²) >= 11 is 0. The van der Waals surface area contributed by atoms with E-state index in [1.807, 2.05) is 12.1 Å². The molecule has 0 fully saturated rings. The lowest BCUT2D eigenvalue weighted by Crippen LogP contribution is -2.37. The van der Waals surface area contributed by atoms with E-state index in [1.165, 1.54) is 6.07 Å². The molecule has 0 bridgehead atoms. The summed E-state index contributed by atoms with van der Waals surface area (Å²) < 4.78 is 1.77. The van der Waals surface area contributed by atoms with Crippen LogP contribution in [0.25, 0.3) is 0 Å². The maximum atomic E-state index is 12.1. The van der Waals surface area contributed by atoms with Crippen LogP contribution in [0.15, 0.2) is 42.7 Å². The zero-order valence-electron chi connectivity index (χ0n) is 14.7. The van der Waals surface area contributed by atoms with Gasteiger partial charge in [-0.2, -0.15) is 0 Å². The first-order valence-electron chi connectivity index (χ1n) is 8.43. The zero-order chi connectivity index (χ0) is 19.8. The molecule has 1 atom stereocenters. The van der Waals surface area contributed by atoms with E-state index in [-0.39, 0.29) is 11.5 Å². The number of nitrogens with two attached hydrogens (primary N) is 2. The monoisotopic (exact) mass is 373 g/mol. The predicted octanol–water partition coefficient (Wildman–Crippen LogP) is 0.949. The second-order valence-electron chi connectivity index (χ2n) is 6.10. The zero-order valence-corrected chi connectivity index (χ0v) is 14.7. The summed E-state index contributed by atoms with van der Waals surface area (Å²) in [5.41, 5.74) is 12.6. The minimum atomic E-state index is -0.964. The minimum absolute atomic E-state index is 0.235. The molecule has 3 amide bonds. The van der Waals surface area contributed by atoms with E-state index in [0.29, 0.717) is 31.6 Å². The van der Waals surface area contributed by atoms with Crippen LogP contribution in [0.4, 0.5) is 10.5 Å². The number of nitrogens with zero attached hydrogens (tertiary/aromatic N) is 1. The van der Waals surface area contributed by atoms with Crippen LogP contribution in [0.3, 0.4) is 0 Å². The molecule has 9 nitrogen and oxygen atoms in total. The molecule has 1 aromatic carbocycles. The molecule has 0 aliphatic rings. The molecule has 2 rings (SSSR count). The van der Waals surface area contributed by atoms with Crippen molar-refractivity contribution < 1.29 is 19.5 Å². The molecule has 9 heteroatoms. The maximum Gasteiger partial charge on any atom is 0.337 e. The van der Waals surface area contributed by atoms with Gasteiger partial charge in [0.15, 0.2) is 0 Å². The van der Waals surface area contributed by atoms with Crippen LogP contribution in [-0.4, -0.2) is 40.2 Å². The number of hydrogen-bond donors (Lipinski definition) is 5. The molecule has 7 N–H and O–H groups in total. The normalized spacial score (nSPS) is 11.6. The molecule has 1 aromatic heterocycles. The van der Waals surface area contributed by atoms with E-state index in [1.54, 1.807) is 29.1 Å². The van der Waals surface area contributed by atoms with E-state index in [9.17, 15) is 14.4 Å². The summed E-state index contributed by atoms with van der Waals surface area (Å²) in [4.78, 5) is 33.5. The van der Waals surface area contributed by atoms with Gasteiger partial charge in [-0.3, -0.25) is 4.79 Å². The summed E-state index contributed by atoms with van der Waals surface area (Å²) in [6.45, 7) is 0.891. The Morgan fingerprint density at radius 2 is 1.85 bits per heavy atom. The molecule has 2 aromatic rings. The number of urea groups is 1. The average Bonchev–Trinajstić information content (AvgIpc) is 3.09. The van der Waals surface area contributed by atoms with Gasteiger partial charge in [-0.25, -0.2) is 9.59 Å². The number of carboxylic acids is 1. The highest BCUT2D eigenvalue weighted by Gasteiger charge is 2.13. The first-order valence-corrected chi connectivity index (χ1v) is 8.43. The van der Waals surface area contributed by atoms with Gasteiger partial charge < -0.3 is 31.8 Å². The number of primary amides is 1. The van der Waals surface area contributed by atoms with E-state index in [0.717, 1.165) is 5.56 Å². The standard InChI is InChI=1S/C18H23N5O4/c19-15(2-1-8-21-18(20)27)16(24)22-14-5-3-12(4-6-14)10-23-9-7-13(11-23)17(25)26/h3-7,9,11,15H,1-2,8,10,19H2,(H,22,24)(H,25,26)(H3,20,21,27). The number of carbonyl (C=O) groups is 3. The van der Waals surface area contributed by atoms with E-state index in [2.05, 4.69) is 10.6 Å². The molecule has 1 unspecified atom stereocenters. The lowest BCUT2D eigenvalue weighted by Gasteiger charge is -2.13. The number of hydrogen-bond acceptors (Lipinski definition) is 4. The average molecular weight is 373 g/mol. The van der Waals surface area contributed by atoms with Crippen LogP contribution in [-0.2, 0) is 11.3 Å². The minimum Gasteiger partial charge on any atom is -0.478 e. The summed E-state index contributed by atoms with van der Waals surface area (Å²) in [6.07, 6.45) is 4.23. The molecule has 0 spiro atoms. The second kappa shape index (κ2) is 9.39. The fourth-order valence-corrected chi connectivity index (χ4v) is 2.47. The Labute approximate surface area is 156 Å². The molecule has 1 heterocycles. The van der Waals surface area contributed by atoms with Crippen molar-refractivity contribution in [3.05, 3.63) is 53.9 Å². The molecule has 0 saturated heterocycles. The Morgan fingerprint density at radius 1 is 1.15 bits per heavy atom. The van der Waals surface area contributed by atoms with Crippen LogP contribution in [0.2, 0.25) is 0 Å². The van der Waals surface area contributed by atoms with Gasteiger partial charge >= 0.3 is 12.0 Å². The summed E-state index contributed by atoms with van der Waals surface area (Å²) in [6, 6.07) is 7.46. The summed E-state index contributed by atoms with van der Waals surface area (Å²) in [5.74, 6) is -1.27. The van der Waals surface area contributed by atoms with E-state index >= 15 is 0 Å². The predicted molar refractivity (Wildman–Crippen MR) is 100 cm³/mol. The van der Waals surface area contributed by atoms with Crippen LogP contribution >= 0.6 is 0 Å². The Balaban J connectivity index is 1.82. The number of benzene rings is 1. The Bertz CT molecular complexity index is 800. The molecule has 144 valence electrons. The van der Waals surface area contributed by atoms with Gasteiger partial charge in [0.1, 0.15) is 0 Å². The molecule has 0 aliphatic carbocycles. The van der Waals surface area contributed by atoms with Crippen molar-refractivity contribution in [3.8, 4) is 0 Å². The van der Waals surface area contributed by atoms with Crippen molar-refractivity contribution in [1.82, 2.24) is 9.88 Å². The number of rotatable bonds is 9. The molecular weight excluding hydrogens is 350 g/mol. The molecule has 0 aliphatic heterocycles. The van der Waals surface area contributed by atoms with Crippen LogP contribution in [0.1, 0.15) is 28.8 Å². The quantitative estimate of drug-likeness (QED) is 0.414. The largest absolute Gasteiger partial charge is 0.478 e. The number of aromatic nitrogens is 1. The second-order valence-corrected chi connectivity index (χ2v) is 6.10. The van der Waals surface area contributed by atoms with E-state index < -0.39 is 18.0 Å². The highest BCUT2D eigenvalue weighted by atomic mass is 16.4. The van der Waals surface area contributed by atoms with Crippen molar-refractivity contribution in [3.63, 3.8) is 0 Å². The number of carboxylic acid groups (broad SMARTS) is 1. The first-order chi connectivity index (χ1) is 12.8. The number of aromatic carboxylic acids is 1. The maximum absolute atomic E-state index is 12.1. The molecule has 0 radical (unpaired) electrons. The highest BCUT2D eigenvalue weighted by Crippen LogP contribution is 2.12. The van der Waals surface area contributed by atoms with Gasteiger partial charge in [0.25, 0.3) is 0 Å². The van der Waals surface area contributed by atoms with Gasteiger partial charge in [0.2, 0.25) is 5.91 Å². The number of anilines is 1. The van der Waals surface area contributed by atoms with E-state index in [4.69, 9.17) is 16.6 Å². The molecule has 27 heavy (non-hydrogen) atoms. The van der Waals surface area contributed by atoms with Crippen molar-refractivity contribution >= 4 is 23.6 Å². The summed E-state index contributed by atoms with van der Waals surface area (Å²) in [5, 5.41) is 14.1. The van der Waals surface area contributed by atoms with Crippen LogP contribution < -0.4 is 22.1 Å². The first kappa shape index (κ1) is 20.0. The fourth-order valence-electron chi connectivity index (χ4n) is 2.47. The number of nitrogens with one attached hydrogen (secondary N) is 2. The fraction of sp³-hybridized carbons (Fsp3) is 0.278. The lowest BCUT2D eigenvalue weighted by molar-refractivity contribution is -0.117. The Kier molecular flexibility index (Phi) is 6.95. The SMILES string of the molecule is NC(=O)NCCCC(N)C(=O)Nc1ccc(Cn2ccc(C(=O)O)c2)cc1. The third-order valence-corrected chi connectivity index (χ3v) is 3.91. The molecule has 0 saturated carbocycles. The number of amides is 3. The van der Waals surface area contributed by atoms with Crippen molar-refractivity contribution in [1.29, 1.82) is 0 Å². The van der Waals surface area contributed by atoms with Gasteiger partial charge in [0, 0.05) is 31.2 Å². The topological polar surface area (TPSA) is 152 Å². The lowest BCUT2D eigenvalue weighted by atomic mass is 10.1. The van der Waals surface area contributed by atoms with Crippen LogP contribution in [0, 0.1) is 0 Å². The Hall–Kier alpha value is -3.33. The third-order valence-electron chi connectivity index (χ3n) is 3.91. The van der Waals surface area contributed by atoms with Crippen molar-refractivity contribution in [2.24, 2.45) is 11.5 Å². The van der Waals surface area contributed by atoms with Gasteiger partial charge in [-0.1, -0.05) is 12.1 Å². The Morgan fingerprint density at radius 3 is 2.44 bits per heavy atom. The van der Waals surface area contributed by atoms with Crippen molar-refractivity contribution in [2.75, 3.05) is 11.9 Å². The van der Waals surface area contributed by atoms with Gasteiger partial charge in [0.05, 0.1) is 11.6 Å². The highest BCUT2D eigenvalue weighted by molar-refractivity contribution is 5.94. The summed E-state index contributed by atoms with van der Waals surface area (Å²) in [7, 11) is 0. The smallest absolute Gasteiger partial charge is 0.337 e. The third kappa shape index (κ3) is 6.48.